The van der Waals surface area contributed by atoms with Crippen LogP contribution < -0.4 is 0 Å². The molecule has 10 atom stereocenters. The maximum Gasteiger partial charge on any atom is 0.303 e. The Hall–Kier alpha value is -3.11. The van der Waals surface area contributed by atoms with E-state index in [9.17, 15) is 4.79 Å². The summed E-state index contributed by atoms with van der Waals surface area (Å²) in [5.41, 5.74) is 3.17. The highest BCUT2D eigenvalue weighted by Gasteiger charge is 2.51. The van der Waals surface area contributed by atoms with Gasteiger partial charge in [-0.25, -0.2) is 0 Å². The summed E-state index contributed by atoms with van der Waals surface area (Å²) in [6, 6.07) is 30.1. The zero-order valence-corrected chi connectivity index (χ0v) is 26.8. The van der Waals surface area contributed by atoms with Crippen molar-refractivity contribution < 1.29 is 38.0 Å². The number of carbonyl (C=O) groups is 1. The maximum absolute atomic E-state index is 12.2. The Labute approximate surface area is 266 Å². The van der Waals surface area contributed by atoms with Crippen molar-refractivity contribution in [2.24, 2.45) is 5.92 Å². The lowest BCUT2D eigenvalue weighted by atomic mass is 9.91. The number of hydrogen-bond donors (Lipinski definition) is 0. The van der Waals surface area contributed by atoms with Gasteiger partial charge in [-0.1, -0.05) is 97.9 Å². The second kappa shape index (κ2) is 15.9. The van der Waals surface area contributed by atoms with Crippen molar-refractivity contribution in [1.82, 2.24) is 0 Å². The van der Waals surface area contributed by atoms with Gasteiger partial charge >= 0.3 is 5.97 Å². The monoisotopic (exact) mass is 618 g/mol. The average Bonchev–Trinajstić information content (AvgIpc) is 3.04. The number of rotatable bonds is 12. The van der Waals surface area contributed by atoms with E-state index in [0.717, 1.165) is 16.7 Å². The van der Waals surface area contributed by atoms with Crippen molar-refractivity contribution in [1.29, 1.82) is 0 Å². The smallest absolute Gasteiger partial charge is 0.303 e. The third-order valence-electron chi connectivity index (χ3n) is 8.53. The third-order valence-corrected chi connectivity index (χ3v) is 8.53. The van der Waals surface area contributed by atoms with Crippen LogP contribution in [0.3, 0.4) is 0 Å². The van der Waals surface area contributed by atoms with Gasteiger partial charge in [-0.2, -0.15) is 0 Å². The van der Waals surface area contributed by atoms with Gasteiger partial charge in [0.05, 0.1) is 44.2 Å². The van der Waals surface area contributed by atoms with Crippen LogP contribution in [-0.2, 0) is 57.8 Å². The van der Waals surface area contributed by atoms with Crippen LogP contribution in [0, 0.1) is 5.92 Å². The number of hydrogen-bond acceptors (Lipinski definition) is 8. The standard InChI is InChI=1S/C37H46O8/c1-24-32(39-21-29-15-9-6-10-16-29)33(40-22-30-17-11-7-12-18-30)26(3)43-37(24)45-36-34(41-23-31-19-13-8-14-20-31)25(2)42-27(4)35(36)44-28(5)38/h6-20,24-27,32-37H,21-23H2,1-5H3/t24-,25?,26?,27-,32?,33-,34-,35+,36?,37-/m0/s1. The minimum atomic E-state index is -0.693. The summed E-state index contributed by atoms with van der Waals surface area (Å²) in [7, 11) is 0. The van der Waals surface area contributed by atoms with Gasteiger partial charge in [0.25, 0.3) is 0 Å². The molecular weight excluding hydrogens is 572 g/mol. The van der Waals surface area contributed by atoms with Crippen molar-refractivity contribution in [2.45, 2.75) is 110 Å². The van der Waals surface area contributed by atoms with Crippen LogP contribution >= 0.6 is 0 Å². The zero-order valence-electron chi connectivity index (χ0n) is 26.8. The van der Waals surface area contributed by atoms with E-state index in [1.807, 2.05) is 112 Å². The molecule has 2 saturated heterocycles. The molecule has 2 aliphatic heterocycles. The van der Waals surface area contributed by atoms with Gasteiger partial charge in [-0.15, -0.1) is 0 Å². The topological polar surface area (TPSA) is 81.7 Å². The minimum absolute atomic E-state index is 0.230. The van der Waals surface area contributed by atoms with Crippen molar-refractivity contribution >= 4 is 5.97 Å². The molecule has 2 fully saturated rings. The molecule has 3 aromatic rings. The van der Waals surface area contributed by atoms with E-state index >= 15 is 0 Å². The van der Waals surface area contributed by atoms with Crippen LogP contribution in [0.1, 0.15) is 51.3 Å². The van der Waals surface area contributed by atoms with E-state index < -0.39 is 36.7 Å². The quantitative estimate of drug-likeness (QED) is 0.221. The molecule has 8 heteroatoms. The molecule has 4 unspecified atom stereocenters. The van der Waals surface area contributed by atoms with Crippen LogP contribution in [0.25, 0.3) is 0 Å². The molecular formula is C37H46O8. The summed E-state index contributed by atoms with van der Waals surface area (Å²) in [6.45, 7) is 10.5. The molecule has 0 N–H and O–H groups in total. The molecule has 2 aliphatic rings. The average molecular weight is 619 g/mol. The highest BCUT2D eigenvalue weighted by molar-refractivity contribution is 5.66. The van der Waals surface area contributed by atoms with Gasteiger partial charge < -0.3 is 33.2 Å². The summed E-state index contributed by atoms with van der Waals surface area (Å²) in [5, 5.41) is 0. The van der Waals surface area contributed by atoms with Gasteiger partial charge in [0.15, 0.2) is 12.4 Å². The van der Waals surface area contributed by atoms with Crippen molar-refractivity contribution in [2.75, 3.05) is 0 Å². The lowest BCUT2D eigenvalue weighted by Gasteiger charge is -2.49. The van der Waals surface area contributed by atoms with Crippen LogP contribution in [0.2, 0.25) is 0 Å². The first-order valence-corrected chi connectivity index (χ1v) is 15.9. The van der Waals surface area contributed by atoms with E-state index in [-0.39, 0.29) is 30.3 Å². The molecule has 0 amide bonds. The second-order valence-corrected chi connectivity index (χ2v) is 12.1. The number of benzene rings is 3. The summed E-state index contributed by atoms with van der Waals surface area (Å²) < 4.78 is 44.9. The van der Waals surface area contributed by atoms with Gasteiger partial charge in [0.2, 0.25) is 0 Å². The number of ether oxygens (including phenoxy) is 7. The Balaban J connectivity index is 1.38. The van der Waals surface area contributed by atoms with Gasteiger partial charge in [0, 0.05) is 12.8 Å². The molecule has 8 nitrogen and oxygen atoms in total. The molecule has 0 radical (unpaired) electrons. The lowest BCUT2D eigenvalue weighted by Crippen LogP contribution is -2.62. The molecule has 2 heterocycles. The van der Waals surface area contributed by atoms with Gasteiger partial charge in [0.1, 0.15) is 18.3 Å². The summed E-state index contributed by atoms with van der Waals surface area (Å²) in [5.74, 6) is -0.642. The first-order chi connectivity index (χ1) is 21.8. The first kappa shape index (κ1) is 33.3. The third kappa shape index (κ3) is 8.79. The Morgan fingerprint density at radius 1 is 0.556 bits per heavy atom. The normalized spacial score (nSPS) is 31.8. The molecule has 0 aliphatic carbocycles. The molecule has 5 rings (SSSR count). The van der Waals surface area contributed by atoms with Crippen molar-refractivity contribution in [3.63, 3.8) is 0 Å². The van der Waals surface area contributed by atoms with E-state index in [1.165, 1.54) is 6.92 Å². The second-order valence-electron chi connectivity index (χ2n) is 12.1. The largest absolute Gasteiger partial charge is 0.457 e. The zero-order chi connectivity index (χ0) is 31.8. The maximum atomic E-state index is 12.2. The molecule has 0 spiro atoms. The fraction of sp³-hybridized carbons (Fsp3) is 0.486. The van der Waals surface area contributed by atoms with E-state index in [0.29, 0.717) is 19.8 Å². The summed E-state index contributed by atoms with van der Waals surface area (Å²) >= 11 is 0. The SMILES string of the molecule is CC(=O)O[C@H]1C(O[C@@H]2OC(C)[C@H](OCc3ccccc3)C(OCc3ccccc3)[C@@H]2C)[C@@H](OCc2ccccc2)C(C)O[C@H]1C. The minimum Gasteiger partial charge on any atom is -0.457 e. The summed E-state index contributed by atoms with van der Waals surface area (Å²) in [6.07, 6.45) is -4.29. The fourth-order valence-corrected chi connectivity index (χ4v) is 6.18. The van der Waals surface area contributed by atoms with Gasteiger partial charge in [-0.05, 0) is 37.5 Å². The molecule has 0 aromatic heterocycles. The summed E-state index contributed by atoms with van der Waals surface area (Å²) in [4.78, 5) is 12.2. The molecule has 0 saturated carbocycles. The molecule has 3 aromatic carbocycles. The molecule has 45 heavy (non-hydrogen) atoms. The van der Waals surface area contributed by atoms with E-state index in [2.05, 4.69) is 6.92 Å². The Morgan fingerprint density at radius 3 is 1.42 bits per heavy atom. The molecule has 0 bridgehead atoms. The Bertz CT molecular complexity index is 1310. The predicted octanol–water partition coefficient (Wildman–Crippen LogP) is 6.25. The van der Waals surface area contributed by atoms with E-state index in [1.54, 1.807) is 0 Å². The van der Waals surface area contributed by atoms with Crippen LogP contribution in [0.4, 0.5) is 0 Å². The molecule has 242 valence electrons. The Morgan fingerprint density at radius 2 is 0.956 bits per heavy atom. The number of esters is 1. The van der Waals surface area contributed by atoms with Gasteiger partial charge in [-0.3, -0.25) is 4.79 Å². The number of carbonyl (C=O) groups excluding carboxylic acids is 1. The lowest BCUT2D eigenvalue weighted by molar-refractivity contribution is -0.335. The highest BCUT2D eigenvalue weighted by atomic mass is 16.7. The highest BCUT2D eigenvalue weighted by Crippen LogP contribution is 2.36. The van der Waals surface area contributed by atoms with E-state index in [4.69, 9.17) is 33.2 Å². The van der Waals surface area contributed by atoms with Crippen molar-refractivity contribution in [3.8, 4) is 0 Å². The van der Waals surface area contributed by atoms with Crippen LogP contribution in [0.5, 0.6) is 0 Å². The Kier molecular flexibility index (Phi) is 11.8. The predicted molar refractivity (Wildman–Crippen MR) is 169 cm³/mol. The van der Waals surface area contributed by atoms with Crippen LogP contribution in [-0.4, -0.2) is 61.1 Å². The van der Waals surface area contributed by atoms with Crippen LogP contribution in [0.15, 0.2) is 91.0 Å². The fourth-order valence-electron chi connectivity index (χ4n) is 6.18. The first-order valence-electron chi connectivity index (χ1n) is 15.9. The van der Waals surface area contributed by atoms with Crippen molar-refractivity contribution in [3.05, 3.63) is 108 Å².